The summed E-state index contributed by atoms with van der Waals surface area (Å²) in [6.45, 7) is 6.47. The Hall–Kier alpha value is -1.10. The highest BCUT2D eigenvalue weighted by Crippen LogP contribution is 2.16. The number of hydrogen-bond donors (Lipinski definition) is 1. The van der Waals surface area contributed by atoms with Crippen molar-refractivity contribution in [3.8, 4) is 5.75 Å². The summed E-state index contributed by atoms with van der Waals surface area (Å²) in [5.41, 5.74) is 0. The van der Waals surface area contributed by atoms with Crippen LogP contribution in [0.25, 0.3) is 0 Å². The van der Waals surface area contributed by atoms with Gasteiger partial charge in [-0.25, -0.2) is 0 Å². The first-order chi connectivity index (χ1) is 7.99. The normalized spacial score (nSPS) is 12.3. The fraction of sp³-hybridized carbons (Fsp3) is 0.500. The summed E-state index contributed by atoms with van der Waals surface area (Å²) in [7, 11) is 0. The summed E-state index contributed by atoms with van der Waals surface area (Å²) in [6.07, 6.45) is 2.72. The minimum atomic E-state index is -0.523. The van der Waals surface area contributed by atoms with Crippen LogP contribution in [0.5, 0.6) is 5.75 Å². The van der Waals surface area contributed by atoms with Crippen LogP contribution in [0.2, 0.25) is 0 Å². The molecule has 0 aliphatic heterocycles. The second kappa shape index (κ2) is 6.59. The number of halogens is 1. The maximum absolute atomic E-state index is 11.7. The average Bonchev–Trinajstić information content (AvgIpc) is 2.25. The van der Waals surface area contributed by atoms with Crippen molar-refractivity contribution in [1.82, 2.24) is 10.3 Å². The van der Waals surface area contributed by atoms with Crippen LogP contribution in [0.3, 0.4) is 0 Å². The number of nitrogens with zero attached hydrogens (tertiary/aromatic N) is 1. The average molecular weight is 301 g/mol. The van der Waals surface area contributed by atoms with Gasteiger partial charge >= 0.3 is 0 Å². The summed E-state index contributed by atoms with van der Waals surface area (Å²) in [4.78, 5) is 15.6. The molecule has 1 rings (SSSR count). The van der Waals surface area contributed by atoms with Gasteiger partial charge in [0, 0.05) is 17.2 Å². The molecule has 5 heteroatoms. The molecule has 0 aliphatic carbocycles. The largest absolute Gasteiger partial charge is 0.479 e. The maximum Gasteiger partial charge on any atom is 0.260 e. The van der Waals surface area contributed by atoms with Gasteiger partial charge in [0.05, 0.1) is 6.20 Å². The molecule has 1 unspecified atom stereocenters. The Kier molecular flexibility index (Phi) is 5.41. The lowest BCUT2D eigenvalue weighted by Crippen LogP contribution is -2.38. The fourth-order valence-corrected chi connectivity index (χ4v) is 1.51. The van der Waals surface area contributed by atoms with Gasteiger partial charge in [-0.2, -0.15) is 0 Å². The Bertz CT molecular complexity index is 383. The Labute approximate surface area is 110 Å². The van der Waals surface area contributed by atoms with Gasteiger partial charge in [0.2, 0.25) is 0 Å². The van der Waals surface area contributed by atoms with E-state index in [1.165, 1.54) is 0 Å². The van der Waals surface area contributed by atoms with Crippen LogP contribution < -0.4 is 10.1 Å². The predicted octanol–water partition coefficient (Wildman–Crippen LogP) is 2.38. The lowest BCUT2D eigenvalue weighted by Gasteiger charge is -2.15. The maximum atomic E-state index is 11.7. The zero-order chi connectivity index (χ0) is 12.8. The first-order valence-electron chi connectivity index (χ1n) is 5.54. The molecule has 1 atom stereocenters. The fourth-order valence-electron chi connectivity index (χ4n) is 1.16. The van der Waals surface area contributed by atoms with Gasteiger partial charge in [-0.05, 0) is 34.8 Å². The standard InChI is InChI=1S/C12H17BrN2O2/c1-8(2)5-15-12(16)9(3)17-11-4-10(13)6-14-7-11/h4,6-9H,5H2,1-3H3,(H,15,16). The van der Waals surface area contributed by atoms with Crippen LogP contribution in [-0.2, 0) is 4.79 Å². The zero-order valence-corrected chi connectivity index (χ0v) is 11.8. The van der Waals surface area contributed by atoms with E-state index >= 15 is 0 Å². The molecule has 17 heavy (non-hydrogen) atoms. The van der Waals surface area contributed by atoms with Crippen molar-refractivity contribution in [1.29, 1.82) is 0 Å². The highest BCUT2D eigenvalue weighted by molar-refractivity contribution is 9.10. The van der Waals surface area contributed by atoms with Crippen molar-refractivity contribution in [3.63, 3.8) is 0 Å². The molecule has 94 valence electrons. The van der Waals surface area contributed by atoms with Gasteiger partial charge in [0.1, 0.15) is 5.75 Å². The zero-order valence-electron chi connectivity index (χ0n) is 10.2. The Morgan fingerprint density at radius 3 is 2.76 bits per heavy atom. The molecular weight excluding hydrogens is 284 g/mol. The molecule has 0 fully saturated rings. The predicted molar refractivity (Wildman–Crippen MR) is 69.9 cm³/mol. The molecule has 4 nitrogen and oxygen atoms in total. The Balaban J connectivity index is 2.48. The SMILES string of the molecule is CC(C)CNC(=O)C(C)Oc1cncc(Br)c1. The number of amides is 1. The molecule has 0 aliphatic rings. The quantitative estimate of drug-likeness (QED) is 0.908. The Morgan fingerprint density at radius 1 is 1.47 bits per heavy atom. The van der Waals surface area contributed by atoms with E-state index in [0.717, 1.165) is 4.47 Å². The summed E-state index contributed by atoms with van der Waals surface area (Å²) < 4.78 is 6.31. The van der Waals surface area contributed by atoms with Gasteiger partial charge in [0.15, 0.2) is 6.10 Å². The topological polar surface area (TPSA) is 51.2 Å². The number of carbonyl (C=O) groups is 1. The van der Waals surface area contributed by atoms with E-state index in [4.69, 9.17) is 4.74 Å². The van der Waals surface area contributed by atoms with Crippen LogP contribution in [-0.4, -0.2) is 23.5 Å². The smallest absolute Gasteiger partial charge is 0.260 e. The molecule has 1 N–H and O–H groups in total. The van der Waals surface area contributed by atoms with Crippen molar-refractivity contribution in [2.75, 3.05) is 6.54 Å². The van der Waals surface area contributed by atoms with Gasteiger partial charge in [-0.15, -0.1) is 0 Å². The van der Waals surface area contributed by atoms with Gasteiger partial charge < -0.3 is 10.1 Å². The van der Waals surface area contributed by atoms with Gasteiger partial charge in [0.25, 0.3) is 5.91 Å². The molecule has 0 spiro atoms. The van der Waals surface area contributed by atoms with E-state index in [0.29, 0.717) is 18.2 Å². The summed E-state index contributed by atoms with van der Waals surface area (Å²) in [6, 6.07) is 1.78. The van der Waals surface area contributed by atoms with Crippen LogP contribution >= 0.6 is 15.9 Å². The number of hydrogen-bond acceptors (Lipinski definition) is 3. The van der Waals surface area contributed by atoms with Crippen LogP contribution in [0, 0.1) is 5.92 Å². The second-order valence-corrected chi connectivity index (χ2v) is 5.15. The Morgan fingerprint density at radius 2 is 2.18 bits per heavy atom. The third-order valence-electron chi connectivity index (χ3n) is 2.05. The first-order valence-corrected chi connectivity index (χ1v) is 6.33. The summed E-state index contributed by atoms with van der Waals surface area (Å²) >= 11 is 3.30. The minimum absolute atomic E-state index is 0.112. The minimum Gasteiger partial charge on any atom is -0.479 e. The number of carbonyl (C=O) groups excluding carboxylic acids is 1. The molecule has 1 heterocycles. The van der Waals surface area contributed by atoms with Crippen molar-refractivity contribution >= 4 is 21.8 Å². The molecule has 0 radical (unpaired) electrons. The number of rotatable bonds is 5. The lowest BCUT2D eigenvalue weighted by molar-refractivity contribution is -0.127. The van der Waals surface area contributed by atoms with E-state index < -0.39 is 6.10 Å². The summed E-state index contributed by atoms with van der Waals surface area (Å²) in [5, 5.41) is 2.82. The van der Waals surface area contributed by atoms with E-state index in [-0.39, 0.29) is 5.91 Å². The van der Waals surface area contributed by atoms with E-state index in [2.05, 4.69) is 26.2 Å². The van der Waals surface area contributed by atoms with Crippen molar-refractivity contribution < 1.29 is 9.53 Å². The van der Waals surface area contributed by atoms with Crippen molar-refractivity contribution in [2.45, 2.75) is 26.9 Å². The third kappa shape index (κ3) is 5.17. The number of aromatic nitrogens is 1. The number of ether oxygens (including phenoxy) is 1. The molecule has 0 saturated heterocycles. The number of nitrogens with one attached hydrogen (secondary N) is 1. The van der Waals surface area contributed by atoms with Crippen LogP contribution in [0.15, 0.2) is 22.9 Å². The van der Waals surface area contributed by atoms with Crippen LogP contribution in [0.4, 0.5) is 0 Å². The van der Waals surface area contributed by atoms with Crippen molar-refractivity contribution in [3.05, 3.63) is 22.9 Å². The third-order valence-corrected chi connectivity index (χ3v) is 2.48. The highest BCUT2D eigenvalue weighted by Gasteiger charge is 2.14. The van der Waals surface area contributed by atoms with E-state index in [9.17, 15) is 4.79 Å². The van der Waals surface area contributed by atoms with E-state index in [1.54, 1.807) is 25.4 Å². The summed E-state index contributed by atoms with van der Waals surface area (Å²) in [5.74, 6) is 0.893. The van der Waals surface area contributed by atoms with Crippen LogP contribution in [0.1, 0.15) is 20.8 Å². The van der Waals surface area contributed by atoms with E-state index in [1.807, 2.05) is 13.8 Å². The molecule has 0 aromatic carbocycles. The number of pyridine rings is 1. The van der Waals surface area contributed by atoms with Gasteiger partial charge in [-0.1, -0.05) is 13.8 Å². The molecule has 1 aromatic heterocycles. The van der Waals surface area contributed by atoms with Crippen molar-refractivity contribution in [2.24, 2.45) is 5.92 Å². The molecule has 0 saturated carbocycles. The van der Waals surface area contributed by atoms with Gasteiger partial charge in [-0.3, -0.25) is 9.78 Å². The highest BCUT2D eigenvalue weighted by atomic mass is 79.9. The molecule has 1 amide bonds. The molecule has 1 aromatic rings. The lowest BCUT2D eigenvalue weighted by atomic mass is 10.2. The molecule has 0 bridgehead atoms. The second-order valence-electron chi connectivity index (χ2n) is 4.24. The molecular formula is C12H17BrN2O2. The monoisotopic (exact) mass is 300 g/mol. The first kappa shape index (κ1) is 14.0.